The minimum Gasteiger partial charge on any atom is -0.664 e. The van der Waals surface area contributed by atoms with Crippen molar-refractivity contribution in [1.82, 2.24) is 9.97 Å². The highest BCUT2D eigenvalue weighted by Crippen LogP contribution is 2.43. The first-order chi connectivity index (χ1) is 22.0. The van der Waals surface area contributed by atoms with Crippen LogP contribution in [0.5, 0.6) is 17.2 Å². The number of nitrogens with one attached hydrogen (secondary N) is 1. The van der Waals surface area contributed by atoms with E-state index >= 15 is 0 Å². The summed E-state index contributed by atoms with van der Waals surface area (Å²) in [6.45, 7) is 0.916. The first kappa shape index (κ1) is 30.3. The van der Waals surface area contributed by atoms with Gasteiger partial charge in [0.1, 0.15) is 17.3 Å². The number of ether oxygens (including phenoxy) is 1. The molecule has 2 atom stereocenters. The Balaban J connectivity index is 1.16. The Morgan fingerprint density at radius 3 is 2.80 bits per heavy atom. The number of rotatable bonds is 14. The Kier molecular flexibility index (Phi) is 9.38. The number of phenols is 2. The van der Waals surface area contributed by atoms with Gasteiger partial charge in [0.25, 0.3) is 0 Å². The van der Waals surface area contributed by atoms with E-state index in [1.807, 2.05) is 48.7 Å². The molecule has 1 aliphatic heterocycles. The highest BCUT2D eigenvalue weighted by molar-refractivity contribution is 6.02. The maximum Gasteiger partial charge on any atom is 0.164 e. The van der Waals surface area contributed by atoms with E-state index in [1.54, 1.807) is 24.4 Å². The lowest BCUT2D eigenvalue weighted by Gasteiger charge is -2.36. The van der Waals surface area contributed by atoms with E-state index in [2.05, 4.69) is 9.97 Å². The van der Waals surface area contributed by atoms with Crippen LogP contribution in [0, 0.1) is 5.92 Å². The van der Waals surface area contributed by atoms with Crippen molar-refractivity contribution in [3.8, 4) is 17.2 Å². The molecule has 8 nitrogen and oxygen atoms in total. The summed E-state index contributed by atoms with van der Waals surface area (Å²) in [5.41, 5.74) is 5.85. The van der Waals surface area contributed by atoms with Crippen LogP contribution < -0.4 is 9.72 Å². The van der Waals surface area contributed by atoms with E-state index in [4.69, 9.17) is 10.1 Å². The molecule has 0 bridgehead atoms. The molecule has 3 heterocycles. The maximum absolute atomic E-state index is 14.1. The smallest absolute Gasteiger partial charge is 0.164 e. The molecule has 2 aliphatic rings. The van der Waals surface area contributed by atoms with E-state index in [-0.39, 0.29) is 41.8 Å². The summed E-state index contributed by atoms with van der Waals surface area (Å²) in [7, 11) is 0. The number of benzene rings is 2. The second-order valence-electron chi connectivity index (χ2n) is 12.1. The van der Waals surface area contributed by atoms with Gasteiger partial charge in [0.05, 0.1) is 13.0 Å². The van der Waals surface area contributed by atoms with Gasteiger partial charge >= 0.3 is 0 Å². The van der Waals surface area contributed by atoms with Crippen molar-refractivity contribution in [1.29, 1.82) is 0 Å². The number of aryl methyl sites for hydroxylation is 2. The molecule has 0 radical (unpaired) electrons. The van der Waals surface area contributed by atoms with Crippen LogP contribution in [0.2, 0.25) is 0 Å². The zero-order valence-corrected chi connectivity index (χ0v) is 25.4. The van der Waals surface area contributed by atoms with Crippen LogP contribution in [0.1, 0.15) is 72.4 Å². The monoisotopic (exact) mass is 605 g/mol. The number of unbranched alkanes of at least 4 members (excludes halogenated alkanes) is 1. The van der Waals surface area contributed by atoms with Crippen molar-refractivity contribution in [3.63, 3.8) is 0 Å². The Morgan fingerprint density at radius 1 is 1.04 bits per heavy atom. The highest BCUT2D eigenvalue weighted by Gasteiger charge is 2.35. The van der Waals surface area contributed by atoms with Crippen LogP contribution in [0.25, 0.3) is 11.4 Å². The van der Waals surface area contributed by atoms with Crippen LogP contribution >= 0.6 is 0 Å². The van der Waals surface area contributed by atoms with Crippen molar-refractivity contribution < 1.29 is 24.5 Å². The summed E-state index contributed by atoms with van der Waals surface area (Å²) in [5.74, 6) is 0.945. The van der Waals surface area contributed by atoms with Gasteiger partial charge < -0.3 is 30.2 Å². The van der Waals surface area contributed by atoms with Gasteiger partial charge in [-0.05, 0) is 80.3 Å². The zero-order chi connectivity index (χ0) is 31.2. The number of hydrogen-bond donors (Lipinski definition) is 3. The van der Waals surface area contributed by atoms with E-state index in [0.717, 1.165) is 77.9 Å². The molecule has 0 amide bonds. The van der Waals surface area contributed by atoms with Gasteiger partial charge in [-0.1, -0.05) is 72.0 Å². The van der Waals surface area contributed by atoms with Gasteiger partial charge in [0.15, 0.2) is 11.5 Å². The van der Waals surface area contributed by atoms with Gasteiger partial charge in [0, 0.05) is 17.9 Å². The lowest BCUT2D eigenvalue weighted by molar-refractivity contribution is -0.129. The number of Topliss-reactive ketones (excluding diaryl/α,β-unsaturated/α-hetero) is 2. The molecule has 3 N–H and O–H groups in total. The summed E-state index contributed by atoms with van der Waals surface area (Å²) >= 11 is 0. The van der Waals surface area contributed by atoms with Gasteiger partial charge in [-0.2, -0.15) is 6.20 Å². The van der Waals surface area contributed by atoms with Gasteiger partial charge in [-0.3, -0.25) is 9.59 Å². The van der Waals surface area contributed by atoms with Gasteiger partial charge in [0.2, 0.25) is 0 Å². The number of aromatic hydroxyl groups is 2. The Labute approximate surface area is 263 Å². The minimum absolute atomic E-state index is 0.0752. The molecule has 234 valence electrons. The molecular formula is C37H39N3O5-2. The van der Waals surface area contributed by atoms with Crippen molar-refractivity contribution in [2.75, 3.05) is 13.2 Å². The van der Waals surface area contributed by atoms with Crippen LogP contribution in [0.15, 0.2) is 72.6 Å². The highest BCUT2D eigenvalue weighted by atomic mass is 16.5. The second-order valence-corrected chi connectivity index (χ2v) is 12.1. The van der Waals surface area contributed by atoms with Crippen LogP contribution in [0.4, 0.5) is 5.82 Å². The second kappa shape index (κ2) is 13.9. The number of aromatic nitrogens is 2. The normalized spacial score (nSPS) is 17.1. The van der Waals surface area contributed by atoms with Crippen LogP contribution in [0.3, 0.4) is 0 Å². The van der Waals surface area contributed by atoms with E-state index in [9.17, 15) is 19.8 Å². The molecule has 2 aromatic carbocycles. The van der Waals surface area contributed by atoms with Crippen LogP contribution in [-0.2, 0) is 28.9 Å². The third-order valence-corrected chi connectivity index (χ3v) is 8.99. The lowest BCUT2D eigenvalue weighted by atomic mass is 9.71. The summed E-state index contributed by atoms with van der Waals surface area (Å²) in [4.78, 5) is 35.1. The summed E-state index contributed by atoms with van der Waals surface area (Å²) in [5, 5.41) is 24.8. The molecule has 6 rings (SSSR count). The number of aromatic amines is 1. The lowest BCUT2D eigenvalue weighted by Crippen LogP contribution is -2.30. The Bertz CT molecular complexity index is 1670. The van der Waals surface area contributed by atoms with E-state index < -0.39 is 5.92 Å². The molecule has 0 saturated heterocycles. The third-order valence-electron chi connectivity index (χ3n) is 8.99. The largest absolute Gasteiger partial charge is 0.664 e. The van der Waals surface area contributed by atoms with E-state index in [1.165, 1.54) is 0 Å². The molecule has 0 unspecified atom stereocenters. The number of ketones is 2. The summed E-state index contributed by atoms with van der Waals surface area (Å²) < 4.78 is 5.69. The van der Waals surface area contributed by atoms with Crippen molar-refractivity contribution in [3.05, 3.63) is 106 Å². The van der Waals surface area contributed by atoms with Crippen molar-refractivity contribution >= 4 is 23.5 Å². The molecule has 0 fully saturated rings. The van der Waals surface area contributed by atoms with Gasteiger partial charge in [-0.25, -0.2) is 0 Å². The average Bonchev–Trinajstić information content (AvgIpc) is 3.74. The van der Waals surface area contributed by atoms with Gasteiger partial charge in [-0.15, -0.1) is 5.69 Å². The predicted octanol–water partition coefficient (Wildman–Crippen LogP) is 7.08. The molecule has 2 aromatic heterocycles. The predicted molar refractivity (Wildman–Crippen MR) is 173 cm³/mol. The molecule has 0 saturated carbocycles. The van der Waals surface area contributed by atoms with Crippen molar-refractivity contribution in [2.45, 2.75) is 63.7 Å². The number of carbonyl (C=O) groups is 2. The van der Waals surface area contributed by atoms with Crippen LogP contribution in [-0.4, -0.2) is 39.9 Å². The standard InChI is InChI=1S/C37H39N3O5/c41-27-8-3-7-24(20-27)6-1-2-9-31-30-16-18-38-32(30)21-26(23-40-35-11-4-17-39-35)36(31)34(44)22-28(42)14-12-25-13-15-33(43)37-29(25)10-5-19-45-37/h3-4,7-8,11,13,15-18,20-21,31,36,39,41,43H,1-2,5-6,9-10,12,14,19,22-23H2/q-2/t31-,36-/m0/s1. The minimum atomic E-state index is -0.458. The quantitative estimate of drug-likeness (QED) is 0.104. The maximum atomic E-state index is 14.1. The topological polar surface area (TPSA) is 128 Å². The average molecular weight is 606 g/mol. The number of carbonyl (C=O) groups excluding carboxylic acids is 2. The Morgan fingerprint density at radius 2 is 1.96 bits per heavy atom. The zero-order valence-electron chi connectivity index (χ0n) is 25.4. The number of hydrogen-bond acceptors (Lipinski definition) is 5. The fourth-order valence-corrected chi connectivity index (χ4v) is 6.81. The first-order valence-electron chi connectivity index (χ1n) is 15.9. The molecule has 8 heteroatoms. The third kappa shape index (κ3) is 7.17. The number of nitrogens with zero attached hydrogens (tertiary/aromatic N) is 2. The summed E-state index contributed by atoms with van der Waals surface area (Å²) in [6.07, 6.45) is 11.3. The van der Waals surface area contributed by atoms with E-state index in [0.29, 0.717) is 25.3 Å². The number of fused-ring (bicyclic) bond motifs is 2. The fraction of sp³-hybridized carbons (Fsp3) is 0.351. The number of phenolic OH excluding ortho intramolecular Hbond substituents is 2. The van der Waals surface area contributed by atoms with Crippen molar-refractivity contribution in [2.24, 2.45) is 5.92 Å². The Hall–Kier alpha value is -4.72. The molecule has 4 aromatic rings. The molecule has 1 aliphatic carbocycles. The first-order valence-corrected chi connectivity index (χ1v) is 15.9. The number of H-pyrrole nitrogens is 1. The molecule has 0 spiro atoms. The molecule has 45 heavy (non-hydrogen) atoms. The summed E-state index contributed by atoms with van der Waals surface area (Å²) in [6, 6.07) is 16.6. The molecular weight excluding hydrogens is 566 g/mol. The fourth-order valence-electron chi connectivity index (χ4n) is 6.81. The SMILES string of the molecule is O=C(CCc1ccc(O)c2c1CCCO2)CC(=O)[C@H]1C(C[N-]c2ccc[nH]2)=Cc2[n-]ccc2[C@@H]1CCCCc1cccc(O)c1.